The lowest BCUT2D eigenvalue weighted by Crippen LogP contribution is -3.00. The van der Waals surface area contributed by atoms with E-state index in [4.69, 9.17) is 20.4 Å². The number of carboxylic acids is 7. The van der Waals surface area contributed by atoms with E-state index < -0.39 is 41.8 Å². The number of hydrogen-bond donors (Lipinski definition) is 15. The lowest BCUT2D eigenvalue weighted by molar-refractivity contribution is -0.368. The Morgan fingerprint density at radius 3 is 0.802 bits per heavy atom. The van der Waals surface area contributed by atoms with Crippen LogP contribution in [0.4, 0.5) is 9.59 Å². The Balaban J connectivity index is -0.000000779. The van der Waals surface area contributed by atoms with Crippen LogP contribution < -0.4 is 130 Å². The first-order chi connectivity index (χ1) is 47.5. The predicted octanol–water partition coefficient (Wildman–Crippen LogP) is -22.9. The molecule has 0 spiro atoms. The Morgan fingerprint density at radius 1 is 0.330 bits per heavy atom. The highest BCUT2D eigenvalue weighted by atomic mass is 35.5. The highest BCUT2D eigenvalue weighted by molar-refractivity contribution is 8.00. The van der Waals surface area contributed by atoms with Gasteiger partial charge < -0.3 is 166 Å². The molecule has 0 saturated carbocycles. The summed E-state index contributed by atoms with van der Waals surface area (Å²) in [5, 5.41) is 87.7. The van der Waals surface area contributed by atoms with E-state index in [0.717, 1.165) is 82.8 Å². The molecule has 0 aliphatic carbocycles. The lowest BCUT2D eigenvalue weighted by Gasteiger charge is -2.32. The summed E-state index contributed by atoms with van der Waals surface area (Å²) in [5.74, 6) is -5.07. The summed E-state index contributed by atoms with van der Waals surface area (Å²) < 4.78 is 0. The van der Waals surface area contributed by atoms with Crippen LogP contribution in [0.25, 0.3) is 0 Å². The molecule has 624 valence electrons. The minimum absolute atomic E-state index is 0. The van der Waals surface area contributed by atoms with Crippen LogP contribution in [0.2, 0.25) is 0 Å². The van der Waals surface area contributed by atoms with Crippen molar-refractivity contribution in [2.75, 3.05) is 208 Å². The second kappa shape index (κ2) is 65.2. The summed E-state index contributed by atoms with van der Waals surface area (Å²) >= 11 is 3.99. The number of carboxylic acid groups (broad SMARTS) is 7. The average molecular weight is 1700 g/mol. The molecule has 6 fully saturated rings. The fourth-order valence-electron chi connectivity index (χ4n) is 12.8. The molecule has 0 aromatic heterocycles. The van der Waals surface area contributed by atoms with E-state index in [0.29, 0.717) is 140 Å². The van der Waals surface area contributed by atoms with Crippen LogP contribution in [-0.2, 0) is 38.4 Å². The molecule has 42 heteroatoms. The van der Waals surface area contributed by atoms with Gasteiger partial charge in [-0.25, -0.2) is 9.59 Å². The van der Waals surface area contributed by atoms with Gasteiger partial charge in [-0.05, 0) is 84.0 Å². The molecule has 5 amide bonds. The molecule has 6 atom stereocenters. The fourth-order valence-corrected chi connectivity index (χ4v) is 15.9. The number of nitrogens with zero attached hydrogens (tertiary/aromatic N) is 8. The molecular weight excluding hydrogens is 1580 g/mol. The van der Waals surface area contributed by atoms with Crippen LogP contribution in [0, 0.1) is 0 Å². The van der Waals surface area contributed by atoms with Gasteiger partial charge in [-0.1, -0.05) is 44.9 Å². The summed E-state index contributed by atoms with van der Waals surface area (Å²) in [6.45, 7) is 9.98. The fraction of sp³-hybridized carbons (Fsp3) is 0.844. The van der Waals surface area contributed by atoms with Gasteiger partial charge in [0.2, 0.25) is 5.91 Å². The van der Waals surface area contributed by atoms with Gasteiger partial charge in [-0.3, -0.25) is 77.6 Å². The van der Waals surface area contributed by atoms with E-state index >= 15 is 0 Å². The number of fused-ring (bicyclic) bond motifs is 2. The molecule has 6 aliphatic rings. The zero-order chi connectivity index (χ0) is 72.2. The second-order valence-corrected chi connectivity index (χ2v) is 29.0. The van der Waals surface area contributed by atoms with Crippen molar-refractivity contribution in [3.8, 4) is 0 Å². The van der Waals surface area contributed by atoms with Crippen molar-refractivity contribution < 1.29 is 176 Å². The van der Waals surface area contributed by atoms with E-state index in [-0.39, 0.29) is 163 Å². The highest BCUT2D eigenvalue weighted by Crippen LogP contribution is 2.34. The largest absolute Gasteiger partial charge is 1.00 e. The standard InChI is InChI=1S/C32H58N8O8S.C16H28N4O8.C16H32N4OS.7ClH/c41-27(34-11-7-2-1-5-9-33-10-6-3-4-8-26-31-25(24-49-26)35-32(48)36-31)20-37-12-14-38(21-28(42)43)16-18-40(23-30(46)47)19-17-39(15-13-37)22-29(44)45;21-13(22)9-17-1-2-18(10-14(23)24)5-6-20(12-16(27)28)8-7-19(4-3-17)11-15(25)26;17-9-5-1-2-6-10-18-11-7-3-4-8-14-15-13(12-22-14)19-16(21)20-15;;;;;;;/h25-26,31,33H,1-24H2,(H,34,41)(H,42,43)(H,44,45)(H,46,47)(H2,35,36,48);1-12H2,(H,21,22)(H,23,24)(H,25,26)(H,27,28);13-15,18H,1-12,17H2,(H2,19,20,21);7*1H/p-6/t25-,26-,31-;;13-,14-,15-;;;;;;;/m0.0......./s1. The summed E-state index contributed by atoms with van der Waals surface area (Å²) in [5.41, 5.74) is 3.87. The maximum atomic E-state index is 12.8. The van der Waals surface area contributed by atoms with Crippen LogP contribution >= 0.6 is 23.5 Å². The number of thioether (sulfide) groups is 2. The first-order valence-corrected chi connectivity index (χ1v) is 37.8. The number of amides is 5. The molecule has 0 aromatic rings. The molecule has 0 unspecified atom stereocenters. The lowest BCUT2D eigenvalue weighted by atomic mass is 10.0. The number of nitrogens with one attached hydrogen (secondary N) is 7. The quantitative estimate of drug-likeness (QED) is 0.0200. The van der Waals surface area contributed by atoms with Gasteiger partial charge in [0, 0.05) is 133 Å². The van der Waals surface area contributed by atoms with Crippen molar-refractivity contribution in [1.29, 1.82) is 0 Å². The Kier molecular flexibility index (Phi) is 67.0. The SMILES string of the molecule is O=C(O)CN1CCN(CC(=O)O)CCN(CC(=O)NCCCCCCNCCCCC[C@@H]2SC[C@@H]3NC(=O)N[C@@H]32)CCN(CC(=O)O)CC1.O=C(O)CN1CCN(CC(=O)O)CCN(CC(=O)O)CCN(CC(=O)O)CC1.[Cl-].[Cl-].[Cl-].[Cl-].[Cl-].[Cl-].[Cl-].[NH3+]CCCCCCNCCCCC[C@@H]1SC[C@@H]2NC(=O)N[C@@H]21. The van der Waals surface area contributed by atoms with Crippen molar-refractivity contribution in [1.82, 2.24) is 76.4 Å². The minimum atomic E-state index is -1.02. The number of carbonyl (C=O) groups is 10. The van der Waals surface area contributed by atoms with Gasteiger partial charge in [0.15, 0.2) is 0 Å². The second-order valence-electron chi connectivity index (χ2n) is 26.4. The number of rotatable bonds is 41. The molecule has 6 heterocycles. The Bertz CT molecular complexity index is 2320. The number of urea groups is 2. The molecule has 6 aliphatic heterocycles. The Labute approximate surface area is 676 Å². The van der Waals surface area contributed by atoms with Crippen molar-refractivity contribution in [2.24, 2.45) is 0 Å². The van der Waals surface area contributed by atoms with Gasteiger partial charge >= 0.3 is 53.8 Å². The molecule has 6 saturated heterocycles. The average Bonchev–Trinajstić information content (AvgIpc) is 1.68. The van der Waals surface area contributed by atoms with Gasteiger partial charge in [-0.15, -0.1) is 0 Å². The van der Waals surface area contributed by atoms with Gasteiger partial charge in [0.05, 0.1) is 83.1 Å². The van der Waals surface area contributed by atoms with E-state index in [9.17, 15) is 63.3 Å². The van der Waals surface area contributed by atoms with Gasteiger partial charge in [-0.2, -0.15) is 23.5 Å². The van der Waals surface area contributed by atoms with Crippen LogP contribution in [0.15, 0.2) is 0 Å². The summed E-state index contributed by atoms with van der Waals surface area (Å²) in [6.07, 6.45) is 19.1. The van der Waals surface area contributed by atoms with Crippen LogP contribution in [0.1, 0.15) is 103 Å². The molecule has 106 heavy (non-hydrogen) atoms. The maximum Gasteiger partial charge on any atom is 0.317 e. The summed E-state index contributed by atoms with van der Waals surface area (Å²) in [4.78, 5) is 128. The summed E-state index contributed by atoms with van der Waals surface area (Å²) in [7, 11) is 0. The zero-order valence-corrected chi connectivity index (χ0v) is 67.8. The number of unbranched alkanes of at least 4 members (excludes halogenated alkanes) is 10. The van der Waals surface area contributed by atoms with Gasteiger partial charge in [0.25, 0.3) is 0 Å². The van der Waals surface area contributed by atoms with Crippen molar-refractivity contribution in [3.63, 3.8) is 0 Å². The maximum absolute atomic E-state index is 12.8. The molecule has 0 aromatic carbocycles. The third kappa shape index (κ3) is 51.2. The number of quaternary nitrogens is 1. The molecular formula is C64H119Cl7N16O17S2-6. The number of carbonyl (C=O) groups excluding carboxylic acids is 3. The van der Waals surface area contributed by atoms with E-state index in [1.165, 1.54) is 64.2 Å². The molecule has 0 radical (unpaired) electrons. The minimum Gasteiger partial charge on any atom is -1.00 e. The Morgan fingerprint density at radius 2 is 0.557 bits per heavy atom. The first kappa shape index (κ1) is 109. The first-order valence-electron chi connectivity index (χ1n) is 35.7. The van der Waals surface area contributed by atoms with E-state index in [1.807, 2.05) is 28.4 Å². The Hall–Kier alpha value is -3.41. The molecule has 17 N–H and O–H groups in total. The third-order valence-electron chi connectivity index (χ3n) is 18.3. The van der Waals surface area contributed by atoms with Crippen molar-refractivity contribution >= 4 is 83.3 Å². The van der Waals surface area contributed by atoms with Crippen LogP contribution in [-0.4, -0.2) is 377 Å². The number of halogens is 7. The van der Waals surface area contributed by atoms with Crippen molar-refractivity contribution in [2.45, 2.75) is 137 Å². The predicted molar refractivity (Wildman–Crippen MR) is 376 cm³/mol. The number of aliphatic carboxylic acids is 7. The van der Waals surface area contributed by atoms with E-state index in [1.54, 1.807) is 34.3 Å². The zero-order valence-electron chi connectivity index (χ0n) is 60.9. The molecule has 0 bridgehead atoms. The monoisotopic (exact) mass is 1690 g/mol. The normalized spacial score (nSPS) is 21.4. The smallest absolute Gasteiger partial charge is 0.317 e. The van der Waals surface area contributed by atoms with E-state index in [2.05, 4.69) is 43.0 Å². The topological polar surface area (TPSA) is 450 Å². The number of hydrogen-bond acceptors (Lipinski definition) is 22. The molecule has 6 rings (SSSR count). The van der Waals surface area contributed by atoms with Crippen LogP contribution in [0.3, 0.4) is 0 Å². The third-order valence-corrected chi connectivity index (χ3v) is 21.3. The summed E-state index contributed by atoms with van der Waals surface area (Å²) in [6, 6.07) is 1.32. The highest BCUT2D eigenvalue weighted by Gasteiger charge is 2.43. The van der Waals surface area contributed by atoms with Crippen molar-refractivity contribution in [3.05, 3.63) is 0 Å². The molecule has 33 nitrogen and oxygen atoms in total. The van der Waals surface area contributed by atoms with Gasteiger partial charge in [0.1, 0.15) is 0 Å². The van der Waals surface area contributed by atoms with Crippen LogP contribution in [0.5, 0.6) is 0 Å².